The molecule has 9 rings (SSSR count). The maximum atomic E-state index is 9.38. The maximum Gasteiger partial charge on any atom is 0.0992 e. The lowest BCUT2D eigenvalue weighted by atomic mass is 9.67. The molecule has 1 N–H and O–H groups in total. The highest BCUT2D eigenvalue weighted by molar-refractivity contribution is 6.13. The predicted molar refractivity (Wildman–Crippen MR) is 191 cm³/mol. The molecular formula is C44H36N2. The van der Waals surface area contributed by atoms with Crippen LogP contribution in [0.25, 0.3) is 44.2 Å². The molecule has 3 aliphatic rings. The Morgan fingerprint density at radius 3 is 1.91 bits per heavy atom. The highest BCUT2D eigenvalue weighted by Crippen LogP contribution is 2.60. The average molecular weight is 593 g/mol. The van der Waals surface area contributed by atoms with Gasteiger partial charge in [0.15, 0.2) is 0 Å². The van der Waals surface area contributed by atoms with Crippen LogP contribution in [-0.4, -0.2) is 0 Å². The van der Waals surface area contributed by atoms with Gasteiger partial charge in [-0.2, -0.15) is 5.26 Å². The topological polar surface area (TPSA) is 35.8 Å². The number of hydrogen-bond acceptors (Lipinski definition) is 2. The molecule has 46 heavy (non-hydrogen) atoms. The number of benzene rings is 6. The molecule has 0 heterocycles. The molecule has 0 bridgehead atoms. The van der Waals surface area contributed by atoms with Gasteiger partial charge in [-0.15, -0.1) is 0 Å². The van der Waals surface area contributed by atoms with Crippen molar-refractivity contribution in [1.29, 1.82) is 5.26 Å². The summed E-state index contributed by atoms with van der Waals surface area (Å²) < 4.78 is 0. The minimum absolute atomic E-state index is 0.0719. The lowest BCUT2D eigenvalue weighted by molar-refractivity contribution is 0.643. The van der Waals surface area contributed by atoms with Gasteiger partial charge in [-0.1, -0.05) is 96.1 Å². The van der Waals surface area contributed by atoms with Crippen molar-refractivity contribution in [1.82, 2.24) is 0 Å². The largest absolute Gasteiger partial charge is 0.355 e. The number of nitrogens with zero attached hydrogens (tertiary/aromatic N) is 1. The fourth-order valence-corrected chi connectivity index (χ4v) is 8.97. The second kappa shape index (κ2) is 8.77. The molecule has 0 unspecified atom stereocenters. The summed E-state index contributed by atoms with van der Waals surface area (Å²) in [5.74, 6) is 0. The highest BCUT2D eigenvalue weighted by atomic mass is 14.9. The van der Waals surface area contributed by atoms with E-state index in [2.05, 4.69) is 132 Å². The number of hydrogen-bond donors (Lipinski definition) is 1. The van der Waals surface area contributed by atoms with E-state index in [0.29, 0.717) is 5.56 Å². The number of rotatable bonds is 2. The van der Waals surface area contributed by atoms with Crippen molar-refractivity contribution in [3.63, 3.8) is 0 Å². The molecule has 0 spiro atoms. The molecule has 0 fully saturated rings. The summed E-state index contributed by atoms with van der Waals surface area (Å²) in [6.45, 7) is 14.3. The van der Waals surface area contributed by atoms with E-state index in [4.69, 9.17) is 0 Å². The van der Waals surface area contributed by atoms with E-state index < -0.39 is 0 Å². The molecule has 0 radical (unpaired) electrons. The van der Waals surface area contributed by atoms with E-state index in [1.807, 2.05) is 24.3 Å². The molecular weight excluding hydrogens is 556 g/mol. The fraction of sp³-hybridized carbons (Fsp3) is 0.205. The van der Waals surface area contributed by atoms with Crippen LogP contribution in [0.4, 0.5) is 11.4 Å². The Morgan fingerprint density at radius 1 is 0.478 bits per heavy atom. The summed E-state index contributed by atoms with van der Waals surface area (Å²) >= 11 is 0. The Morgan fingerprint density at radius 2 is 1.09 bits per heavy atom. The first-order valence-electron chi connectivity index (χ1n) is 16.3. The molecule has 0 saturated heterocycles. The van der Waals surface area contributed by atoms with Gasteiger partial charge in [0.05, 0.1) is 11.6 Å². The lowest BCUT2D eigenvalue weighted by Gasteiger charge is -2.36. The van der Waals surface area contributed by atoms with Gasteiger partial charge in [0.25, 0.3) is 0 Å². The van der Waals surface area contributed by atoms with Gasteiger partial charge in [-0.25, -0.2) is 0 Å². The molecule has 222 valence electrons. The molecule has 0 aliphatic heterocycles. The summed E-state index contributed by atoms with van der Waals surface area (Å²) in [5, 5.41) is 15.7. The van der Waals surface area contributed by atoms with E-state index in [1.165, 1.54) is 77.5 Å². The number of nitrogens with one attached hydrogen (secondary N) is 1. The number of anilines is 2. The minimum Gasteiger partial charge on any atom is -0.355 e. The monoisotopic (exact) mass is 592 g/mol. The first kappa shape index (κ1) is 27.2. The summed E-state index contributed by atoms with van der Waals surface area (Å²) in [7, 11) is 0. The van der Waals surface area contributed by atoms with E-state index in [1.54, 1.807) is 0 Å². The van der Waals surface area contributed by atoms with Crippen LogP contribution in [0.2, 0.25) is 0 Å². The Labute approximate surface area is 271 Å². The summed E-state index contributed by atoms with van der Waals surface area (Å²) in [5.41, 5.74) is 18.8. The van der Waals surface area contributed by atoms with Crippen molar-refractivity contribution >= 4 is 22.1 Å². The van der Waals surface area contributed by atoms with Crippen LogP contribution in [0.3, 0.4) is 0 Å². The molecule has 0 aromatic heterocycles. The molecule has 0 saturated carbocycles. The summed E-state index contributed by atoms with van der Waals surface area (Å²) in [6, 6.07) is 40.2. The zero-order chi connectivity index (χ0) is 31.7. The van der Waals surface area contributed by atoms with Crippen molar-refractivity contribution in [2.24, 2.45) is 0 Å². The number of nitriles is 1. The van der Waals surface area contributed by atoms with Crippen LogP contribution in [0.5, 0.6) is 0 Å². The third-order valence-electron chi connectivity index (χ3n) is 11.4. The van der Waals surface area contributed by atoms with Gasteiger partial charge in [0.1, 0.15) is 0 Å². The lowest BCUT2D eigenvalue weighted by Crippen LogP contribution is -2.24. The van der Waals surface area contributed by atoms with E-state index in [9.17, 15) is 5.26 Å². The van der Waals surface area contributed by atoms with Gasteiger partial charge >= 0.3 is 0 Å². The maximum absolute atomic E-state index is 9.38. The second-order valence-corrected chi connectivity index (χ2v) is 15.0. The molecule has 2 nitrogen and oxygen atoms in total. The third kappa shape index (κ3) is 3.36. The first-order valence-corrected chi connectivity index (χ1v) is 16.3. The predicted octanol–water partition coefficient (Wildman–Crippen LogP) is 11.4. The molecule has 3 aliphatic carbocycles. The smallest absolute Gasteiger partial charge is 0.0992 e. The van der Waals surface area contributed by atoms with E-state index in [0.717, 1.165) is 11.4 Å². The van der Waals surface area contributed by atoms with Crippen molar-refractivity contribution in [2.45, 2.75) is 57.8 Å². The summed E-state index contributed by atoms with van der Waals surface area (Å²) in [4.78, 5) is 0. The average Bonchev–Trinajstić information content (AvgIpc) is 3.41. The Kier molecular flexibility index (Phi) is 5.19. The van der Waals surface area contributed by atoms with Crippen LogP contribution < -0.4 is 5.32 Å². The molecule has 0 amide bonds. The van der Waals surface area contributed by atoms with E-state index in [-0.39, 0.29) is 16.2 Å². The van der Waals surface area contributed by atoms with Gasteiger partial charge in [0, 0.05) is 27.6 Å². The van der Waals surface area contributed by atoms with Gasteiger partial charge in [-0.05, 0) is 126 Å². The molecule has 2 heteroatoms. The molecule has 0 atom stereocenters. The molecule has 6 aromatic carbocycles. The zero-order valence-electron chi connectivity index (χ0n) is 27.3. The van der Waals surface area contributed by atoms with Crippen LogP contribution >= 0.6 is 0 Å². The fourth-order valence-electron chi connectivity index (χ4n) is 8.97. The first-order chi connectivity index (χ1) is 22.0. The van der Waals surface area contributed by atoms with Gasteiger partial charge in [0.2, 0.25) is 0 Å². The van der Waals surface area contributed by atoms with Crippen LogP contribution in [0, 0.1) is 11.3 Å². The summed E-state index contributed by atoms with van der Waals surface area (Å²) in [6.07, 6.45) is 0. The third-order valence-corrected chi connectivity index (χ3v) is 11.4. The van der Waals surface area contributed by atoms with Crippen LogP contribution in [0.1, 0.15) is 80.5 Å². The van der Waals surface area contributed by atoms with Crippen molar-refractivity contribution in [3.8, 4) is 39.4 Å². The molecule has 6 aromatic rings. The minimum atomic E-state index is -0.161. The Bertz CT molecular complexity index is 2380. The second-order valence-electron chi connectivity index (χ2n) is 15.0. The van der Waals surface area contributed by atoms with Gasteiger partial charge < -0.3 is 5.32 Å². The van der Waals surface area contributed by atoms with Crippen molar-refractivity contribution < 1.29 is 0 Å². The standard InChI is InChI=1S/C44H36N2/c1-42(2)34-15-8-7-13-28(34)32-22-39-41(30-14-10-16-35(42)40(30)32)33-23-37-31(21-38(33)44(39,5)6)29-18-17-27(20-36(29)43(37,3)4)46-26-12-9-11-25(19-26)24-45/h7-23,46H,1-6H3. The highest BCUT2D eigenvalue weighted by Gasteiger charge is 2.44. The normalized spacial score (nSPS) is 16.5. The zero-order valence-corrected chi connectivity index (χ0v) is 27.3. The quantitative estimate of drug-likeness (QED) is 0.217. The van der Waals surface area contributed by atoms with Gasteiger partial charge in [-0.3, -0.25) is 0 Å². The Hall–Kier alpha value is -5.13. The van der Waals surface area contributed by atoms with Crippen LogP contribution in [-0.2, 0) is 16.2 Å². The van der Waals surface area contributed by atoms with Crippen molar-refractivity contribution in [2.75, 3.05) is 5.32 Å². The van der Waals surface area contributed by atoms with Crippen LogP contribution in [0.15, 0.2) is 103 Å². The number of fused-ring (bicyclic) bond motifs is 9. The Balaban J connectivity index is 1.24. The SMILES string of the molecule is CC1(C)c2cc(Nc3cccc(C#N)c3)ccc2-c2cc3c(cc21)-c1c(cc2c4c(cccc14)C(C)(C)c1ccccc1-2)C3(C)C. The van der Waals surface area contributed by atoms with Crippen molar-refractivity contribution in [3.05, 3.63) is 142 Å². The van der Waals surface area contributed by atoms with E-state index >= 15 is 0 Å².